The van der Waals surface area contributed by atoms with Gasteiger partial charge in [-0.05, 0) is 25.6 Å². The molecule has 0 aliphatic heterocycles. The zero-order valence-corrected chi connectivity index (χ0v) is 15.1. The molecule has 0 radical (unpaired) electrons. The van der Waals surface area contributed by atoms with E-state index in [1.807, 2.05) is 12.3 Å². The molecule has 0 bridgehead atoms. The summed E-state index contributed by atoms with van der Waals surface area (Å²) in [5, 5.41) is 14.3. The van der Waals surface area contributed by atoms with E-state index in [4.69, 9.17) is 0 Å². The van der Waals surface area contributed by atoms with Crippen molar-refractivity contribution in [3.05, 3.63) is 44.4 Å². The third-order valence-corrected chi connectivity index (χ3v) is 5.89. The van der Waals surface area contributed by atoms with E-state index in [0.29, 0.717) is 12.2 Å². The minimum Gasteiger partial charge on any atom is -0.363 e. The summed E-state index contributed by atoms with van der Waals surface area (Å²) in [6, 6.07) is 3.86. The molecule has 24 heavy (non-hydrogen) atoms. The van der Waals surface area contributed by atoms with Crippen molar-refractivity contribution in [2.24, 2.45) is 0 Å². The number of hydrogen-bond acceptors (Lipinski definition) is 7. The van der Waals surface area contributed by atoms with Crippen molar-refractivity contribution in [2.45, 2.75) is 24.8 Å². The van der Waals surface area contributed by atoms with Crippen LogP contribution in [0.4, 0.5) is 11.4 Å². The first-order valence-corrected chi connectivity index (χ1v) is 9.51. The van der Waals surface area contributed by atoms with E-state index >= 15 is 0 Å². The van der Waals surface area contributed by atoms with Crippen LogP contribution in [0.5, 0.6) is 0 Å². The summed E-state index contributed by atoms with van der Waals surface area (Å²) in [6.07, 6.45) is 0.838. The minimum atomic E-state index is -3.74. The Bertz CT molecular complexity index is 848. The molecule has 0 aliphatic rings. The molecule has 0 spiro atoms. The van der Waals surface area contributed by atoms with Gasteiger partial charge >= 0.3 is 0 Å². The highest BCUT2D eigenvalue weighted by Gasteiger charge is 2.22. The number of nitro benzene ring substituents is 1. The van der Waals surface area contributed by atoms with Gasteiger partial charge in [0.15, 0.2) is 0 Å². The maximum atomic E-state index is 11.8. The Morgan fingerprint density at radius 1 is 1.42 bits per heavy atom. The molecule has 1 aromatic carbocycles. The Kier molecular flexibility index (Phi) is 5.52. The molecule has 2 rings (SSSR count). The summed E-state index contributed by atoms with van der Waals surface area (Å²) < 4.78 is 25.8. The number of sulfonamides is 1. The van der Waals surface area contributed by atoms with Crippen molar-refractivity contribution in [3.8, 4) is 0 Å². The van der Waals surface area contributed by atoms with Crippen LogP contribution in [0.1, 0.15) is 17.6 Å². The lowest BCUT2D eigenvalue weighted by molar-refractivity contribution is -0.384. The number of hydrogen-bond donors (Lipinski definition) is 1. The second-order valence-corrected chi connectivity index (χ2v) is 7.89. The molecular weight excluding hydrogens is 352 g/mol. The highest BCUT2D eigenvalue weighted by Crippen LogP contribution is 2.31. The van der Waals surface area contributed by atoms with Gasteiger partial charge in [-0.2, -0.15) is 0 Å². The van der Waals surface area contributed by atoms with E-state index in [1.165, 1.54) is 19.2 Å². The number of nitrogens with zero attached hydrogens (tertiary/aromatic N) is 3. The predicted molar refractivity (Wildman–Crippen MR) is 92.9 cm³/mol. The molecule has 0 fully saturated rings. The summed E-state index contributed by atoms with van der Waals surface area (Å²) in [6.45, 7) is 2.41. The quantitative estimate of drug-likeness (QED) is 0.591. The standard InChI is InChI=1S/C14H18N4O4S2/c1-4-14-16-10(9-23-14)8-17(3)12-6-5-11(24(21,22)15-2)7-13(12)18(19)20/h5-7,9,15H,4,8H2,1-3H3. The molecule has 0 amide bonds. The molecule has 0 saturated carbocycles. The van der Waals surface area contributed by atoms with Crippen LogP contribution in [0.3, 0.4) is 0 Å². The van der Waals surface area contributed by atoms with Crippen LogP contribution in [-0.2, 0) is 23.0 Å². The maximum absolute atomic E-state index is 11.8. The molecule has 0 saturated heterocycles. The fourth-order valence-corrected chi connectivity index (χ4v) is 3.65. The third kappa shape index (κ3) is 3.89. The fraction of sp³-hybridized carbons (Fsp3) is 0.357. The number of nitro groups is 1. The van der Waals surface area contributed by atoms with Crippen molar-refractivity contribution in [1.82, 2.24) is 9.71 Å². The van der Waals surface area contributed by atoms with Crippen LogP contribution < -0.4 is 9.62 Å². The Labute approximate surface area is 144 Å². The summed E-state index contributed by atoms with van der Waals surface area (Å²) in [5.74, 6) is 0. The topological polar surface area (TPSA) is 105 Å². The molecule has 1 N–H and O–H groups in total. The number of rotatable bonds is 7. The zero-order chi connectivity index (χ0) is 17.9. The van der Waals surface area contributed by atoms with Crippen LogP contribution in [0, 0.1) is 10.1 Å². The zero-order valence-electron chi connectivity index (χ0n) is 13.5. The second kappa shape index (κ2) is 7.24. The van der Waals surface area contributed by atoms with Crippen molar-refractivity contribution in [1.29, 1.82) is 0 Å². The van der Waals surface area contributed by atoms with Crippen LogP contribution >= 0.6 is 11.3 Å². The Morgan fingerprint density at radius 2 is 2.12 bits per heavy atom. The van der Waals surface area contributed by atoms with Crippen molar-refractivity contribution in [2.75, 3.05) is 19.0 Å². The number of aromatic nitrogens is 1. The molecule has 0 atom stereocenters. The normalized spacial score (nSPS) is 11.5. The molecule has 1 heterocycles. The summed E-state index contributed by atoms with van der Waals surface area (Å²) >= 11 is 1.55. The molecule has 1 aromatic heterocycles. The SMILES string of the molecule is CCc1nc(CN(C)c2ccc(S(=O)(=O)NC)cc2[N+](=O)[O-])cs1. The van der Waals surface area contributed by atoms with E-state index in [1.54, 1.807) is 23.3 Å². The molecule has 8 nitrogen and oxygen atoms in total. The number of anilines is 1. The van der Waals surface area contributed by atoms with Gasteiger partial charge in [0, 0.05) is 18.5 Å². The lowest BCUT2D eigenvalue weighted by Crippen LogP contribution is -2.20. The first-order chi connectivity index (χ1) is 11.3. The van der Waals surface area contributed by atoms with Crippen molar-refractivity contribution in [3.63, 3.8) is 0 Å². The van der Waals surface area contributed by atoms with Gasteiger partial charge in [0.25, 0.3) is 5.69 Å². The summed E-state index contributed by atoms with van der Waals surface area (Å²) in [7, 11) is -0.773. The van der Waals surface area contributed by atoms with Gasteiger partial charge in [0.1, 0.15) is 5.69 Å². The average Bonchev–Trinajstić information content (AvgIpc) is 3.01. The van der Waals surface area contributed by atoms with Crippen LogP contribution in [0.2, 0.25) is 0 Å². The van der Waals surface area contributed by atoms with Gasteiger partial charge in [-0.15, -0.1) is 11.3 Å². The number of nitrogens with one attached hydrogen (secondary N) is 1. The van der Waals surface area contributed by atoms with E-state index in [2.05, 4.69) is 9.71 Å². The highest BCUT2D eigenvalue weighted by atomic mass is 32.2. The van der Waals surface area contributed by atoms with Gasteiger partial charge in [-0.1, -0.05) is 6.92 Å². The van der Waals surface area contributed by atoms with Gasteiger partial charge in [-0.25, -0.2) is 18.1 Å². The van der Waals surface area contributed by atoms with Gasteiger partial charge in [0.05, 0.1) is 27.1 Å². The Hall–Kier alpha value is -2.04. The lowest BCUT2D eigenvalue weighted by Gasteiger charge is -2.18. The van der Waals surface area contributed by atoms with Gasteiger partial charge in [-0.3, -0.25) is 10.1 Å². The number of thiazole rings is 1. The average molecular weight is 370 g/mol. The second-order valence-electron chi connectivity index (χ2n) is 5.06. The predicted octanol–water partition coefficient (Wildman–Crippen LogP) is 2.16. The largest absolute Gasteiger partial charge is 0.363 e. The molecule has 10 heteroatoms. The molecule has 2 aromatic rings. The van der Waals surface area contributed by atoms with Crippen LogP contribution in [0.25, 0.3) is 0 Å². The monoisotopic (exact) mass is 370 g/mol. The van der Waals surface area contributed by atoms with Crippen LogP contribution in [-0.4, -0.2) is 32.4 Å². The first kappa shape index (κ1) is 18.3. The molecular formula is C14H18N4O4S2. The van der Waals surface area contributed by atoms with Crippen LogP contribution in [0.15, 0.2) is 28.5 Å². The Balaban J connectivity index is 2.36. The first-order valence-electron chi connectivity index (χ1n) is 7.15. The number of benzene rings is 1. The van der Waals surface area contributed by atoms with Gasteiger partial charge < -0.3 is 4.90 Å². The molecule has 0 unspecified atom stereocenters. The highest BCUT2D eigenvalue weighted by molar-refractivity contribution is 7.89. The molecule has 0 aliphatic carbocycles. The summed E-state index contributed by atoms with van der Waals surface area (Å²) in [4.78, 5) is 16.7. The third-order valence-electron chi connectivity index (χ3n) is 3.43. The van der Waals surface area contributed by atoms with Crippen molar-refractivity contribution < 1.29 is 13.3 Å². The van der Waals surface area contributed by atoms with Crippen molar-refractivity contribution >= 4 is 32.7 Å². The van der Waals surface area contributed by atoms with E-state index < -0.39 is 14.9 Å². The van der Waals surface area contributed by atoms with E-state index in [-0.39, 0.29) is 10.6 Å². The maximum Gasteiger partial charge on any atom is 0.293 e. The smallest absolute Gasteiger partial charge is 0.293 e. The van der Waals surface area contributed by atoms with E-state index in [0.717, 1.165) is 23.2 Å². The van der Waals surface area contributed by atoms with Gasteiger partial charge in [0.2, 0.25) is 10.0 Å². The lowest BCUT2D eigenvalue weighted by atomic mass is 10.2. The Morgan fingerprint density at radius 3 is 2.67 bits per heavy atom. The fourth-order valence-electron chi connectivity index (χ4n) is 2.17. The van der Waals surface area contributed by atoms with E-state index in [9.17, 15) is 18.5 Å². The molecule has 130 valence electrons. The number of aryl methyl sites for hydroxylation is 1. The summed E-state index contributed by atoms with van der Waals surface area (Å²) in [5.41, 5.74) is 0.890. The minimum absolute atomic E-state index is 0.143.